The van der Waals surface area contributed by atoms with Gasteiger partial charge >= 0.3 is 5.97 Å². The molecule has 5 nitrogen and oxygen atoms in total. The van der Waals surface area contributed by atoms with Crippen LogP contribution in [-0.4, -0.2) is 16.9 Å². The Balaban J connectivity index is 1.80. The summed E-state index contributed by atoms with van der Waals surface area (Å²) in [4.78, 5) is 28.3. The van der Waals surface area contributed by atoms with E-state index in [1.165, 1.54) is 6.92 Å². The van der Waals surface area contributed by atoms with Crippen LogP contribution in [0.5, 0.6) is 0 Å². The fraction of sp³-hybridized carbons (Fsp3) is 0.136. The van der Waals surface area contributed by atoms with E-state index in [9.17, 15) is 9.59 Å². The lowest BCUT2D eigenvalue weighted by molar-refractivity contribution is -0.141. The fourth-order valence-corrected chi connectivity index (χ4v) is 2.87. The minimum Gasteiger partial charge on any atom is -0.456 e. The first-order chi connectivity index (χ1) is 13.4. The number of halogens is 1. The number of esters is 1. The van der Waals surface area contributed by atoms with Crippen molar-refractivity contribution in [1.82, 2.24) is 10.3 Å². The lowest BCUT2D eigenvalue weighted by Crippen LogP contribution is -2.26. The third kappa shape index (κ3) is 4.96. The molecular weight excluding hydrogens is 376 g/mol. The van der Waals surface area contributed by atoms with E-state index in [4.69, 9.17) is 16.3 Å². The zero-order valence-electron chi connectivity index (χ0n) is 15.5. The molecule has 0 aliphatic heterocycles. The highest BCUT2D eigenvalue weighted by Crippen LogP contribution is 2.22. The Labute approximate surface area is 168 Å². The number of fused-ring (bicyclic) bond motifs is 1. The molecule has 0 radical (unpaired) electrons. The molecule has 3 aromatic rings. The van der Waals surface area contributed by atoms with E-state index in [0.29, 0.717) is 5.56 Å². The van der Waals surface area contributed by atoms with Crippen molar-refractivity contribution in [3.63, 3.8) is 0 Å². The highest BCUT2D eigenvalue weighted by Gasteiger charge is 2.15. The molecule has 1 heterocycles. The zero-order chi connectivity index (χ0) is 20.1. The predicted octanol–water partition coefficient (Wildman–Crippen LogP) is 4.42. The lowest BCUT2D eigenvalue weighted by atomic mass is 10.1. The van der Waals surface area contributed by atoms with Crippen molar-refractivity contribution in [2.75, 3.05) is 0 Å². The van der Waals surface area contributed by atoms with Gasteiger partial charge in [-0.05, 0) is 36.3 Å². The third-order valence-electron chi connectivity index (χ3n) is 4.00. The normalized spacial score (nSPS) is 11.3. The lowest BCUT2D eigenvalue weighted by Gasteiger charge is -2.11. The van der Waals surface area contributed by atoms with Gasteiger partial charge in [0.15, 0.2) is 0 Å². The summed E-state index contributed by atoms with van der Waals surface area (Å²) < 4.78 is 5.37. The Kier molecular flexibility index (Phi) is 6.06. The summed E-state index contributed by atoms with van der Waals surface area (Å²) in [5.74, 6) is -1.01. The SMILES string of the molecule is CC(=O)N/C(=C\c1ccccc1)C(=O)OCc1cc2ccc(C)cc2nc1Cl. The van der Waals surface area contributed by atoms with Crippen LogP contribution in [-0.2, 0) is 20.9 Å². The fourth-order valence-electron chi connectivity index (χ4n) is 2.67. The first kappa shape index (κ1) is 19.6. The zero-order valence-corrected chi connectivity index (χ0v) is 16.3. The topological polar surface area (TPSA) is 68.3 Å². The van der Waals surface area contributed by atoms with Crippen LogP contribution in [0.25, 0.3) is 17.0 Å². The maximum absolute atomic E-state index is 12.5. The average Bonchev–Trinajstić information content (AvgIpc) is 2.66. The maximum atomic E-state index is 12.5. The first-order valence-electron chi connectivity index (χ1n) is 8.69. The molecule has 0 bridgehead atoms. The van der Waals surface area contributed by atoms with Gasteiger partial charge in [0.1, 0.15) is 17.5 Å². The van der Waals surface area contributed by atoms with Gasteiger partial charge in [0.2, 0.25) is 5.91 Å². The number of benzene rings is 2. The van der Waals surface area contributed by atoms with Crippen LogP contribution in [0.3, 0.4) is 0 Å². The minimum absolute atomic E-state index is 0.0548. The Morgan fingerprint density at radius 3 is 2.61 bits per heavy atom. The number of aromatic nitrogens is 1. The van der Waals surface area contributed by atoms with Crippen LogP contribution in [0.15, 0.2) is 60.3 Å². The summed E-state index contributed by atoms with van der Waals surface area (Å²) in [5, 5.41) is 3.70. The van der Waals surface area contributed by atoms with Crippen molar-refractivity contribution in [3.8, 4) is 0 Å². The molecule has 142 valence electrons. The molecule has 6 heteroatoms. The first-order valence-corrected chi connectivity index (χ1v) is 9.07. The summed E-state index contributed by atoms with van der Waals surface area (Å²) in [6.07, 6.45) is 1.56. The number of carbonyl (C=O) groups excluding carboxylic acids is 2. The number of carbonyl (C=O) groups is 2. The molecule has 2 aromatic carbocycles. The summed E-state index contributed by atoms with van der Waals surface area (Å²) >= 11 is 6.25. The van der Waals surface area contributed by atoms with Gasteiger partial charge in [-0.25, -0.2) is 9.78 Å². The monoisotopic (exact) mass is 394 g/mol. The van der Waals surface area contributed by atoms with Crippen molar-refractivity contribution in [2.45, 2.75) is 20.5 Å². The second kappa shape index (κ2) is 8.67. The van der Waals surface area contributed by atoms with Crippen molar-refractivity contribution >= 4 is 40.5 Å². The molecule has 3 rings (SSSR count). The molecule has 28 heavy (non-hydrogen) atoms. The van der Waals surface area contributed by atoms with E-state index in [1.54, 1.807) is 6.08 Å². The highest BCUT2D eigenvalue weighted by atomic mass is 35.5. The third-order valence-corrected chi connectivity index (χ3v) is 4.33. The minimum atomic E-state index is -0.654. The molecule has 1 aromatic heterocycles. The number of hydrogen-bond donors (Lipinski definition) is 1. The van der Waals surface area contributed by atoms with Crippen LogP contribution in [0.4, 0.5) is 0 Å². The second-order valence-electron chi connectivity index (χ2n) is 6.36. The van der Waals surface area contributed by atoms with Crippen molar-refractivity contribution < 1.29 is 14.3 Å². The van der Waals surface area contributed by atoms with Crippen molar-refractivity contribution in [3.05, 3.63) is 82.1 Å². The Morgan fingerprint density at radius 1 is 1.14 bits per heavy atom. The van der Waals surface area contributed by atoms with Crippen molar-refractivity contribution in [2.24, 2.45) is 0 Å². The number of ether oxygens (including phenoxy) is 1. The van der Waals surface area contributed by atoms with Crippen LogP contribution < -0.4 is 5.32 Å². The van der Waals surface area contributed by atoms with E-state index in [2.05, 4.69) is 10.3 Å². The molecule has 1 amide bonds. The van der Waals surface area contributed by atoms with E-state index in [0.717, 1.165) is 22.0 Å². The van der Waals surface area contributed by atoms with Gasteiger partial charge in [-0.2, -0.15) is 0 Å². The maximum Gasteiger partial charge on any atom is 0.355 e. The van der Waals surface area contributed by atoms with Gasteiger partial charge in [0, 0.05) is 17.9 Å². The van der Waals surface area contributed by atoms with Crippen LogP contribution >= 0.6 is 11.6 Å². The molecule has 0 saturated carbocycles. The Bertz CT molecular complexity index is 1060. The summed E-state index contributed by atoms with van der Waals surface area (Å²) in [6.45, 7) is 3.26. The number of nitrogens with zero attached hydrogens (tertiary/aromatic N) is 1. The highest BCUT2D eigenvalue weighted by molar-refractivity contribution is 6.30. The van der Waals surface area contributed by atoms with Gasteiger partial charge in [0.25, 0.3) is 0 Å². The van der Waals surface area contributed by atoms with Gasteiger partial charge in [-0.1, -0.05) is 54.1 Å². The van der Waals surface area contributed by atoms with Gasteiger partial charge < -0.3 is 10.1 Å². The molecule has 0 spiro atoms. The second-order valence-corrected chi connectivity index (χ2v) is 6.72. The Hall–Kier alpha value is -3.18. The van der Waals surface area contributed by atoms with Gasteiger partial charge in [-0.15, -0.1) is 0 Å². The molecule has 0 aliphatic carbocycles. The smallest absolute Gasteiger partial charge is 0.355 e. The summed E-state index contributed by atoms with van der Waals surface area (Å²) in [6, 6.07) is 16.9. The Morgan fingerprint density at radius 2 is 1.89 bits per heavy atom. The molecule has 1 N–H and O–H groups in total. The van der Waals surface area contributed by atoms with Gasteiger partial charge in [-0.3, -0.25) is 4.79 Å². The number of pyridine rings is 1. The number of rotatable bonds is 5. The molecule has 0 atom stereocenters. The molecular formula is C22H19ClN2O3. The summed E-state index contributed by atoms with van der Waals surface area (Å²) in [5.41, 5.74) is 3.28. The van der Waals surface area contributed by atoms with Crippen LogP contribution in [0.1, 0.15) is 23.6 Å². The number of hydrogen-bond acceptors (Lipinski definition) is 4. The molecule has 0 aliphatic rings. The standard InChI is InChI=1S/C22H19ClN2O3/c1-14-8-9-17-12-18(21(23)25-19(17)10-14)13-28-22(27)20(24-15(2)26)11-16-6-4-3-5-7-16/h3-12H,13H2,1-2H3,(H,24,26)/b20-11-. The number of amides is 1. The predicted molar refractivity (Wildman–Crippen MR) is 110 cm³/mol. The molecule has 0 unspecified atom stereocenters. The van der Waals surface area contributed by atoms with E-state index in [-0.39, 0.29) is 23.4 Å². The van der Waals surface area contributed by atoms with E-state index in [1.807, 2.05) is 61.5 Å². The van der Waals surface area contributed by atoms with Crippen molar-refractivity contribution in [1.29, 1.82) is 0 Å². The number of aryl methyl sites for hydroxylation is 1. The van der Waals surface area contributed by atoms with Crippen LogP contribution in [0.2, 0.25) is 5.15 Å². The largest absolute Gasteiger partial charge is 0.456 e. The van der Waals surface area contributed by atoms with Gasteiger partial charge in [0.05, 0.1) is 5.52 Å². The quantitative estimate of drug-likeness (QED) is 0.395. The molecule has 0 fully saturated rings. The van der Waals surface area contributed by atoms with E-state index < -0.39 is 5.97 Å². The summed E-state index contributed by atoms with van der Waals surface area (Å²) in [7, 11) is 0. The average molecular weight is 395 g/mol. The number of nitrogens with one attached hydrogen (secondary N) is 1. The van der Waals surface area contributed by atoms with Crippen LogP contribution in [0, 0.1) is 6.92 Å². The van der Waals surface area contributed by atoms with E-state index >= 15 is 0 Å². The molecule has 0 saturated heterocycles.